The Morgan fingerprint density at radius 1 is 1.19 bits per heavy atom. The van der Waals surface area contributed by atoms with E-state index in [1.807, 2.05) is 45.9 Å². The third-order valence-corrected chi connectivity index (χ3v) is 2.59. The van der Waals surface area contributed by atoms with Gasteiger partial charge >= 0.3 is 11.7 Å². The number of benzene rings is 1. The van der Waals surface area contributed by atoms with E-state index in [0.717, 1.165) is 5.39 Å². The van der Waals surface area contributed by atoms with E-state index in [1.54, 1.807) is 13.0 Å². The Labute approximate surface area is 125 Å². The number of fused-ring (bicyclic) bond motifs is 1. The summed E-state index contributed by atoms with van der Waals surface area (Å²) in [7, 11) is 1.29. The van der Waals surface area contributed by atoms with Crippen LogP contribution in [0.15, 0.2) is 29.1 Å². The molecule has 0 spiro atoms. The van der Waals surface area contributed by atoms with Crippen molar-refractivity contribution in [1.82, 2.24) is 9.55 Å². The van der Waals surface area contributed by atoms with Crippen LogP contribution in [0.25, 0.3) is 10.9 Å². The van der Waals surface area contributed by atoms with Crippen molar-refractivity contribution < 1.29 is 9.53 Å². The van der Waals surface area contributed by atoms with Crippen molar-refractivity contribution in [3.63, 3.8) is 0 Å². The fourth-order valence-corrected chi connectivity index (χ4v) is 1.73. The summed E-state index contributed by atoms with van der Waals surface area (Å²) in [6, 6.07) is 7.33. The number of ether oxygens (including phenoxy) is 1. The van der Waals surface area contributed by atoms with Gasteiger partial charge in [-0.25, -0.2) is 4.79 Å². The number of esters is 1. The molecule has 5 nitrogen and oxygen atoms in total. The van der Waals surface area contributed by atoms with Crippen LogP contribution >= 0.6 is 0 Å². The summed E-state index contributed by atoms with van der Waals surface area (Å²) in [6.07, 6.45) is 0. The van der Waals surface area contributed by atoms with Crippen LogP contribution in [0.1, 0.15) is 33.4 Å². The molecule has 0 bridgehead atoms. The van der Waals surface area contributed by atoms with E-state index < -0.39 is 11.7 Å². The van der Waals surface area contributed by atoms with Gasteiger partial charge in [-0.3, -0.25) is 9.36 Å². The minimum atomic E-state index is -0.470. The maximum absolute atomic E-state index is 11.7. The van der Waals surface area contributed by atoms with Gasteiger partial charge in [0.15, 0.2) is 0 Å². The van der Waals surface area contributed by atoms with Crippen LogP contribution < -0.4 is 5.69 Å². The van der Waals surface area contributed by atoms with Crippen molar-refractivity contribution in [2.45, 2.75) is 41.2 Å². The van der Waals surface area contributed by atoms with Crippen molar-refractivity contribution in [3.8, 4) is 0 Å². The fourth-order valence-electron chi connectivity index (χ4n) is 1.73. The van der Waals surface area contributed by atoms with Crippen molar-refractivity contribution in [1.29, 1.82) is 0 Å². The van der Waals surface area contributed by atoms with Crippen LogP contribution in [-0.2, 0) is 16.1 Å². The van der Waals surface area contributed by atoms with E-state index in [4.69, 9.17) is 0 Å². The Kier molecular flexibility index (Phi) is 8.69. The number of rotatable bonds is 2. The Hall–Kier alpha value is -2.17. The molecule has 5 heteroatoms. The predicted molar refractivity (Wildman–Crippen MR) is 85.5 cm³/mol. The summed E-state index contributed by atoms with van der Waals surface area (Å²) in [5, 5.41) is 0.857. The minimum Gasteiger partial charge on any atom is -0.468 e. The molecule has 0 amide bonds. The van der Waals surface area contributed by atoms with Gasteiger partial charge in [0.2, 0.25) is 0 Å². The Balaban J connectivity index is 0.000000921. The summed E-state index contributed by atoms with van der Waals surface area (Å²) in [5.74, 6) is -0.470. The smallest absolute Gasteiger partial charge is 0.348 e. The molecule has 0 saturated heterocycles. The highest BCUT2D eigenvalue weighted by molar-refractivity contribution is 5.82. The molecular formula is C16H24N2O3. The molecule has 0 aliphatic rings. The lowest BCUT2D eigenvalue weighted by Crippen LogP contribution is -2.28. The van der Waals surface area contributed by atoms with E-state index in [-0.39, 0.29) is 6.54 Å². The van der Waals surface area contributed by atoms with E-state index in [2.05, 4.69) is 9.72 Å². The topological polar surface area (TPSA) is 61.2 Å². The largest absolute Gasteiger partial charge is 0.468 e. The predicted octanol–water partition coefficient (Wildman–Crippen LogP) is 2.93. The first-order chi connectivity index (χ1) is 10.1. The molecule has 116 valence electrons. The SMILES string of the molecule is CC.CC.COC(=O)Cn1c(=O)nc(C)c2ccccc21. The minimum absolute atomic E-state index is 0.122. The Morgan fingerprint density at radius 2 is 1.76 bits per heavy atom. The number of para-hydroxylation sites is 1. The van der Waals surface area contributed by atoms with Crippen LogP contribution in [0.3, 0.4) is 0 Å². The van der Waals surface area contributed by atoms with E-state index >= 15 is 0 Å². The van der Waals surface area contributed by atoms with Crippen molar-refractivity contribution in [2.24, 2.45) is 0 Å². The Bertz CT molecular complexity index is 633. The first kappa shape index (κ1) is 18.8. The summed E-state index contributed by atoms with van der Waals surface area (Å²) >= 11 is 0. The normalized spacial score (nSPS) is 9.05. The molecule has 0 fully saturated rings. The molecule has 1 aromatic carbocycles. The lowest BCUT2D eigenvalue weighted by atomic mass is 10.2. The molecule has 2 aromatic rings. The quantitative estimate of drug-likeness (QED) is 0.798. The number of nitrogens with zero attached hydrogens (tertiary/aromatic N) is 2. The van der Waals surface area contributed by atoms with Crippen molar-refractivity contribution in [2.75, 3.05) is 7.11 Å². The van der Waals surface area contributed by atoms with Crippen LogP contribution in [0.4, 0.5) is 0 Å². The number of methoxy groups -OCH3 is 1. The molecule has 1 heterocycles. The maximum atomic E-state index is 11.7. The van der Waals surface area contributed by atoms with Gasteiger partial charge in [0.05, 0.1) is 18.3 Å². The number of aromatic nitrogens is 2. The summed E-state index contributed by atoms with van der Waals surface area (Å²) in [5.41, 5.74) is 0.911. The summed E-state index contributed by atoms with van der Waals surface area (Å²) in [4.78, 5) is 26.9. The monoisotopic (exact) mass is 292 g/mol. The third-order valence-electron chi connectivity index (χ3n) is 2.59. The molecule has 0 radical (unpaired) electrons. The number of aryl methyl sites for hydroxylation is 1. The highest BCUT2D eigenvalue weighted by atomic mass is 16.5. The lowest BCUT2D eigenvalue weighted by molar-refractivity contribution is -0.141. The Morgan fingerprint density at radius 3 is 2.33 bits per heavy atom. The van der Waals surface area contributed by atoms with Crippen LogP contribution in [0, 0.1) is 6.92 Å². The molecule has 0 saturated carbocycles. The number of carbonyl (C=O) groups excluding carboxylic acids is 1. The first-order valence-electron chi connectivity index (χ1n) is 7.16. The van der Waals surface area contributed by atoms with Crippen molar-refractivity contribution in [3.05, 3.63) is 40.4 Å². The van der Waals surface area contributed by atoms with E-state index in [9.17, 15) is 9.59 Å². The highest BCUT2D eigenvalue weighted by Gasteiger charge is 2.10. The maximum Gasteiger partial charge on any atom is 0.348 e. The van der Waals surface area contributed by atoms with Gasteiger partial charge in [0.1, 0.15) is 6.54 Å². The second-order valence-electron chi connectivity index (χ2n) is 3.66. The molecule has 1 aromatic heterocycles. The fraction of sp³-hybridized carbons (Fsp3) is 0.438. The highest BCUT2D eigenvalue weighted by Crippen LogP contribution is 2.13. The average molecular weight is 292 g/mol. The van der Waals surface area contributed by atoms with Gasteiger partial charge in [-0.1, -0.05) is 45.9 Å². The number of hydrogen-bond acceptors (Lipinski definition) is 4. The lowest BCUT2D eigenvalue weighted by Gasteiger charge is -2.09. The zero-order chi connectivity index (χ0) is 16.4. The molecule has 0 atom stereocenters. The molecule has 0 unspecified atom stereocenters. The standard InChI is InChI=1S/C12H12N2O3.2C2H6/c1-8-9-5-3-4-6-10(9)14(12(16)13-8)7-11(15)17-2;2*1-2/h3-6H,7H2,1-2H3;2*1-2H3. The molecule has 21 heavy (non-hydrogen) atoms. The molecule has 0 aliphatic carbocycles. The van der Waals surface area contributed by atoms with Crippen LogP contribution in [0.5, 0.6) is 0 Å². The van der Waals surface area contributed by atoms with Gasteiger partial charge in [-0.15, -0.1) is 0 Å². The van der Waals surface area contributed by atoms with E-state index in [0.29, 0.717) is 11.2 Å². The zero-order valence-electron chi connectivity index (χ0n) is 13.6. The van der Waals surface area contributed by atoms with Crippen LogP contribution in [-0.4, -0.2) is 22.6 Å². The zero-order valence-corrected chi connectivity index (χ0v) is 13.6. The van der Waals surface area contributed by atoms with Gasteiger partial charge in [-0.05, 0) is 13.0 Å². The average Bonchev–Trinajstić information content (AvgIpc) is 2.55. The van der Waals surface area contributed by atoms with E-state index in [1.165, 1.54) is 11.7 Å². The number of carbonyl (C=O) groups is 1. The van der Waals surface area contributed by atoms with Crippen molar-refractivity contribution >= 4 is 16.9 Å². The molecule has 2 rings (SSSR count). The summed E-state index contributed by atoms with van der Waals surface area (Å²) in [6.45, 7) is 9.65. The molecule has 0 N–H and O–H groups in total. The van der Waals surface area contributed by atoms with Gasteiger partial charge in [-0.2, -0.15) is 4.98 Å². The second-order valence-corrected chi connectivity index (χ2v) is 3.66. The third kappa shape index (κ3) is 4.70. The molecule has 0 aliphatic heterocycles. The number of hydrogen-bond donors (Lipinski definition) is 0. The second kappa shape index (κ2) is 9.69. The van der Waals surface area contributed by atoms with Crippen LogP contribution in [0.2, 0.25) is 0 Å². The molecular weight excluding hydrogens is 268 g/mol. The summed E-state index contributed by atoms with van der Waals surface area (Å²) < 4.78 is 5.88. The van der Waals surface area contributed by atoms with Gasteiger partial charge < -0.3 is 4.74 Å². The first-order valence-corrected chi connectivity index (χ1v) is 7.16. The van der Waals surface area contributed by atoms with Gasteiger partial charge in [0, 0.05) is 5.39 Å². The van der Waals surface area contributed by atoms with Gasteiger partial charge in [0.25, 0.3) is 0 Å².